The van der Waals surface area contributed by atoms with Crippen molar-refractivity contribution in [3.63, 3.8) is 0 Å². The number of carbonyl (C=O) groups is 4. The Morgan fingerprint density at radius 1 is 0.312 bits per heavy atom. The molecular weight excluding hydrogens is 1220 g/mol. The summed E-state index contributed by atoms with van der Waals surface area (Å²) in [4.78, 5) is 72.6. The van der Waals surface area contributed by atoms with Crippen molar-refractivity contribution in [1.82, 2.24) is 0 Å². The van der Waals surface area contributed by atoms with Gasteiger partial charge in [-0.1, -0.05) is 330 Å². The molecule has 0 saturated carbocycles. The van der Waals surface area contributed by atoms with E-state index in [2.05, 4.69) is 41.5 Å². The molecular formula is C74H144O17P2. The molecule has 0 aromatic rings. The summed E-state index contributed by atoms with van der Waals surface area (Å²) in [6.07, 6.45) is 52.7. The lowest BCUT2D eigenvalue weighted by Gasteiger charge is -2.21. The number of hydrogen-bond acceptors (Lipinski definition) is 15. The lowest BCUT2D eigenvalue weighted by molar-refractivity contribution is -0.161. The summed E-state index contributed by atoms with van der Waals surface area (Å²) in [5.74, 6) is -0.504. The third-order valence-corrected chi connectivity index (χ3v) is 19.5. The van der Waals surface area contributed by atoms with Gasteiger partial charge in [0.2, 0.25) is 0 Å². The number of ether oxygens (including phenoxy) is 4. The van der Waals surface area contributed by atoms with Crippen molar-refractivity contribution in [3.8, 4) is 0 Å². The SMILES string of the molecule is CCCCCCCCCCCCCCCCC(=O)O[C@H](COC(=O)CCCCCCCCC)COP(=O)(O)OC[C@H](O)COP(=O)(O)OC[C@@H](COC(=O)CCCCCCCCCCCCCC(C)C)OC(=O)CCCCCCCCCCCCCCCCC(C)CC. The zero-order chi connectivity index (χ0) is 68.6. The van der Waals surface area contributed by atoms with E-state index in [9.17, 15) is 43.2 Å². The van der Waals surface area contributed by atoms with E-state index in [1.807, 2.05) is 0 Å². The first-order chi connectivity index (χ1) is 44.9. The van der Waals surface area contributed by atoms with Crippen LogP contribution in [0.15, 0.2) is 0 Å². The lowest BCUT2D eigenvalue weighted by Crippen LogP contribution is -2.30. The Hall–Kier alpha value is -1.94. The van der Waals surface area contributed by atoms with Crippen LogP contribution in [0.3, 0.4) is 0 Å². The maximum Gasteiger partial charge on any atom is 0.472 e. The highest BCUT2D eigenvalue weighted by Gasteiger charge is 2.30. The van der Waals surface area contributed by atoms with Gasteiger partial charge in [-0.3, -0.25) is 37.3 Å². The number of aliphatic hydroxyl groups excluding tert-OH is 1. The molecule has 0 aliphatic heterocycles. The molecule has 19 heteroatoms. The number of phosphoric ester groups is 2. The molecule has 0 fully saturated rings. The highest BCUT2D eigenvalue weighted by atomic mass is 31.2. The molecule has 0 radical (unpaired) electrons. The molecule has 3 N–H and O–H groups in total. The van der Waals surface area contributed by atoms with Gasteiger partial charge in [-0.2, -0.15) is 0 Å². The summed E-state index contributed by atoms with van der Waals surface area (Å²) < 4.78 is 68.4. The molecule has 3 unspecified atom stereocenters. The predicted octanol–water partition coefficient (Wildman–Crippen LogP) is 21.6. The fourth-order valence-electron chi connectivity index (χ4n) is 11.3. The van der Waals surface area contributed by atoms with Crippen molar-refractivity contribution in [1.29, 1.82) is 0 Å². The molecule has 0 spiro atoms. The minimum absolute atomic E-state index is 0.107. The monoisotopic (exact) mass is 1370 g/mol. The third-order valence-electron chi connectivity index (χ3n) is 17.6. The largest absolute Gasteiger partial charge is 0.472 e. The second-order valence-corrected chi connectivity index (χ2v) is 30.3. The van der Waals surface area contributed by atoms with E-state index in [-0.39, 0.29) is 25.7 Å². The second-order valence-electron chi connectivity index (χ2n) is 27.4. The molecule has 0 amide bonds. The second kappa shape index (κ2) is 66.0. The minimum atomic E-state index is -4.95. The highest BCUT2D eigenvalue weighted by molar-refractivity contribution is 7.47. The van der Waals surface area contributed by atoms with Crippen molar-refractivity contribution >= 4 is 39.5 Å². The Morgan fingerprint density at radius 3 is 0.817 bits per heavy atom. The van der Waals surface area contributed by atoms with Gasteiger partial charge in [-0.15, -0.1) is 0 Å². The minimum Gasteiger partial charge on any atom is -0.462 e. The van der Waals surface area contributed by atoms with Gasteiger partial charge >= 0.3 is 39.5 Å². The molecule has 0 saturated heterocycles. The average Bonchev–Trinajstić information content (AvgIpc) is 1.85. The summed E-state index contributed by atoms with van der Waals surface area (Å²) in [5, 5.41) is 10.6. The van der Waals surface area contributed by atoms with Gasteiger partial charge in [0.1, 0.15) is 19.3 Å². The van der Waals surface area contributed by atoms with Crippen molar-refractivity contribution in [2.45, 2.75) is 400 Å². The topological polar surface area (TPSA) is 237 Å². The van der Waals surface area contributed by atoms with Crippen molar-refractivity contribution in [2.75, 3.05) is 39.6 Å². The predicted molar refractivity (Wildman–Crippen MR) is 377 cm³/mol. The maximum absolute atomic E-state index is 13.1. The number of phosphoric acid groups is 2. The van der Waals surface area contributed by atoms with Crippen molar-refractivity contribution in [3.05, 3.63) is 0 Å². The van der Waals surface area contributed by atoms with Crippen molar-refractivity contribution in [2.24, 2.45) is 11.8 Å². The number of rotatable bonds is 73. The van der Waals surface area contributed by atoms with Crippen LogP contribution in [0.1, 0.15) is 382 Å². The Morgan fingerprint density at radius 2 is 0.548 bits per heavy atom. The van der Waals surface area contributed by atoms with Crippen LogP contribution in [-0.4, -0.2) is 96.7 Å². The molecule has 0 aromatic heterocycles. The Bertz CT molecular complexity index is 1810. The summed E-state index contributed by atoms with van der Waals surface area (Å²) in [5.41, 5.74) is 0. The fraction of sp³-hybridized carbons (Fsp3) is 0.946. The maximum atomic E-state index is 13.1. The first-order valence-electron chi connectivity index (χ1n) is 38.5. The summed E-state index contributed by atoms with van der Waals surface area (Å²) in [6.45, 7) is 9.60. The number of esters is 4. The van der Waals surface area contributed by atoms with E-state index < -0.39 is 97.5 Å². The lowest BCUT2D eigenvalue weighted by atomic mass is 9.99. The van der Waals surface area contributed by atoms with Crippen molar-refractivity contribution < 1.29 is 80.2 Å². The Kier molecular flexibility index (Phi) is 64.6. The summed E-state index contributed by atoms with van der Waals surface area (Å²) in [7, 11) is -9.90. The van der Waals surface area contributed by atoms with Crippen LogP contribution in [0.25, 0.3) is 0 Å². The van der Waals surface area contributed by atoms with Gasteiger partial charge in [-0.05, 0) is 37.5 Å². The van der Waals surface area contributed by atoms with E-state index in [1.54, 1.807) is 0 Å². The molecule has 0 heterocycles. The number of hydrogen-bond donors (Lipinski definition) is 3. The molecule has 0 bridgehead atoms. The van der Waals surface area contributed by atoms with E-state index in [0.717, 1.165) is 115 Å². The number of unbranched alkanes of at least 4 members (excludes halogenated alkanes) is 42. The van der Waals surface area contributed by atoms with Crippen LogP contribution in [0.4, 0.5) is 0 Å². The molecule has 0 aliphatic rings. The molecule has 0 aliphatic carbocycles. The molecule has 6 atom stereocenters. The zero-order valence-corrected chi connectivity index (χ0v) is 62.3. The first kappa shape index (κ1) is 91.1. The third kappa shape index (κ3) is 67.0. The zero-order valence-electron chi connectivity index (χ0n) is 60.6. The molecule has 552 valence electrons. The first-order valence-corrected chi connectivity index (χ1v) is 41.5. The van der Waals surface area contributed by atoms with Gasteiger partial charge in [0.25, 0.3) is 0 Å². The normalized spacial score (nSPS) is 14.3. The van der Waals surface area contributed by atoms with Crippen LogP contribution < -0.4 is 0 Å². The smallest absolute Gasteiger partial charge is 0.462 e. The van der Waals surface area contributed by atoms with Gasteiger partial charge in [0.05, 0.1) is 26.4 Å². The summed E-state index contributed by atoms with van der Waals surface area (Å²) in [6, 6.07) is 0. The molecule has 0 rings (SSSR count). The standard InChI is InChI=1S/C74H144O17P2/c1-7-10-12-14-16-17-18-19-23-28-34-40-46-52-58-73(78)90-69(62-84-71(76)56-50-44-36-15-13-11-8-2)64-88-92(80,81)86-60-68(75)61-87-93(82,83)89-65-70(63-85-72(77)57-51-45-39-33-30-25-26-31-37-42-48-54-66(4)5)91-74(79)59-53-47-41-35-29-24-21-20-22-27-32-38-43-49-55-67(6)9-3/h66-70,75H,7-65H2,1-6H3,(H,80,81)(H,82,83)/t67?,68-,69+,70+/m0/s1. The highest BCUT2D eigenvalue weighted by Crippen LogP contribution is 2.45. The molecule has 0 aromatic carbocycles. The molecule has 93 heavy (non-hydrogen) atoms. The quantitative estimate of drug-likeness (QED) is 0.0222. The van der Waals surface area contributed by atoms with Gasteiger partial charge in [0.15, 0.2) is 12.2 Å². The summed E-state index contributed by atoms with van der Waals surface area (Å²) >= 11 is 0. The van der Waals surface area contributed by atoms with E-state index in [1.165, 1.54) is 186 Å². The van der Waals surface area contributed by atoms with E-state index >= 15 is 0 Å². The molecule has 17 nitrogen and oxygen atoms in total. The van der Waals surface area contributed by atoms with Crippen LogP contribution in [0.2, 0.25) is 0 Å². The van der Waals surface area contributed by atoms with Gasteiger partial charge in [0, 0.05) is 25.7 Å². The Labute approximate surface area is 568 Å². The van der Waals surface area contributed by atoms with Crippen LogP contribution in [-0.2, 0) is 65.4 Å². The van der Waals surface area contributed by atoms with Crippen LogP contribution in [0, 0.1) is 11.8 Å². The Balaban J connectivity index is 5.20. The fourth-order valence-corrected chi connectivity index (χ4v) is 12.8. The number of carbonyl (C=O) groups excluding carboxylic acids is 4. The van der Waals surface area contributed by atoms with Gasteiger partial charge in [-0.25, -0.2) is 9.13 Å². The van der Waals surface area contributed by atoms with E-state index in [0.29, 0.717) is 25.7 Å². The van der Waals surface area contributed by atoms with Crippen LogP contribution >= 0.6 is 15.6 Å². The number of aliphatic hydroxyl groups is 1. The van der Waals surface area contributed by atoms with Gasteiger partial charge < -0.3 is 33.8 Å². The van der Waals surface area contributed by atoms with E-state index in [4.69, 9.17) is 37.0 Å². The average molecular weight is 1370 g/mol. The van der Waals surface area contributed by atoms with Crippen LogP contribution in [0.5, 0.6) is 0 Å².